The number of aliphatic hydroxyl groups is 2. The average Bonchev–Trinajstić information content (AvgIpc) is 3.45. The number of aromatic nitrogens is 2. The maximum atomic E-state index is 13.3. The van der Waals surface area contributed by atoms with E-state index in [4.69, 9.17) is 11.6 Å². The van der Waals surface area contributed by atoms with Crippen molar-refractivity contribution in [2.75, 3.05) is 12.4 Å². The van der Waals surface area contributed by atoms with Gasteiger partial charge >= 0.3 is 10.3 Å². The van der Waals surface area contributed by atoms with Crippen molar-refractivity contribution in [2.24, 2.45) is 0 Å². The summed E-state index contributed by atoms with van der Waals surface area (Å²) in [6.45, 7) is 0. The van der Waals surface area contributed by atoms with Crippen molar-refractivity contribution >= 4 is 44.8 Å². The number of hydrogen-bond donors (Lipinski definition) is 4. The molecule has 1 fully saturated rings. The summed E-state index contributed by atoms with van der Waals surface area (Å²) in [6.07, 6.45) is 1.30. The van der Waals surface area contributed by atoms with Crippen molar-refractivity contribution in [3.8, 4) is 0 Å². The standard InChI is InChI=1S/C22H23ClN4O6S2/c1-33-35(31,32)27-17-7-15(8-18(17)28)26-22-16(9-24-11-25-22)21(30)19-6-13(10-34-19)20(29)12-3-2-4-14(23)5-12/h2-6,9-11,15,17-18,20,27-29H,7-8H2,1H3,(H,24,25,26)/t15-,17-,18+,20-/m1/s1. The van der Waals surface area contributed by atoms with Gasteiger partial charge in [0.2, 0.25) is 5.78 Å². The first kappa shape index (κ1) is 25.6. The molecule has 4 atom stereocenters. The molecule has 0 saturated heterocycles. The number of anilines is 1. The maximum Gasteiger partial charge on any atom is 0.335 e. The Morgan fingerprint density at radius 1 is 1.29 bits per heavy atom. The number of halogens is 1. The second-order valence-electron chi connectivity index (χ2n) is 8.04. The van der Waals surface area contributed by atoms with Crippen LogP contribution in [0.25, 0.3) is 0 Å². The van der Waals surface area contributed by atoms with E-state index >= 15 is 0 Å². The van der Waals surface area contributed by atoms with E-state index < -0.39 is 28.6 Å². The number of nitrogens with one attached hydrogen (secondary N) is 2. The number of benzene rings is 1. The fourth-order valence-corrected chi connectivity index (χ4v) is 5.71. The summed E-state index contributed by atoms with van der Waals surface area (Å²) in [4.78, 5) is 21.8. The van der Waals surface area contributed by atoms with E-state index in [1.165, 1.54) is 23.9 Å². The van der Waals surface area contributed by atoms with Crippen LogP contribution in [0.3, 0.4) is 0 Å². The third kappa shape index (κ3) is 6.04. The molecule has 1 aliphatic rings. The van der Waals surface area contributed by atoms with Gasteiger partial charge in [-0.05, 0) is 47.5 Å². The zero-order valence-corrected chi connectivity index (χ0v) is 20.8. The van der Waals surface area contributed by atoms with Crippen molar-refractivity contribution in [3.05, 3.63) is 74.8 Å². The normalized spacial score (nSPS) is 21.1. The van der Waals surface area contributed by atoms with Crippen molar-refractivity contribution < 1.29 is 27.6 Å². The Kier molecular flexibility index (Phi) is 7.81. The molecular weight excluding hydrogens is 516 g/mol. The Hall–Kier alpha value is -2.45. The van der Waals surface area contributed by atoms with Crippen LogP contribution in [0.2, 0.25) is 5.02 Å². The zero-order chi connectivity index (χ0) is 25.2. The minimum Gasteiger partial charge on any atom is -0.391 e. The molecule has 186 valence electrons. The van der Waals surface area contributed by atoms with Crippen LogP contribution in [-0.4, -0.2) is 59.7 Å². The van der Waals surface area contributed by atoms with E-state index in [1.54, 1.807) is 35.7 Å². The SMILES string of the molecule is COS(=O)(=O)N[C@@H]1C[C@@H](Nc2ncncc2C(=O)c2cc([C@H](O)c3cccc(Cl)c3)cs2)C[C@@H]1O. The number of ketones is 1. The number of carbonyl (C=O) groups is 1. The molecule has 4 N–H and O–H groups in total. The third-order valence-electron chi connectivity index (χ3n) is 5.67. The van der Waals surface area contributed by atoms with Crippen molar-refractivity contribution in [1.82, 2.24) is 14.7 Å². The van der Waals surface area contributed by atoms with Crippen LogP contribution in [0.1, 0.15) is 45.3 Å². The number of rotatable bonds is 9. The van der Waals surface area contributed by atoms with Crippen LogP contribution in [0, 0.1) is 0 Å². The van der Waals surface area contributed by atoms with E-state index in [0.717, 1.165) is 7.11 Å². The Labute approximate surface area is 211 Å². The molecule has 1 aromatic carbocycles. The summed E-state index contributed by atoms with van der Waals surface area (Å²) in [7, 11) is -2.93. The molecule has 4 rings (SSSR count). The van der Waals surface area contributed by atoms with Crippen LogP contribution in [-0.2, 0) is 14.5 Å². The summed E-state index contributed by atoms with van der Waals surface area (Å²) in [6, 6.07) is 7.38. The highest BCUT2D eigenvalue weighted by Crippen LogP contribution is 2.31. The third-order valence-corrected chi connectivity index (χ3v) is 7.88. The maximum absolute atomic E-state index is 13.3. The summed E-state index contributed by atoms with van der Waals surface area (Å²) in [5.74, 6) is -0.0689. The predicted octanol–water partition coefficient (Wildman–Crippen LogP) is 2.29. The summed E-state index contributed by atoms with van der Waals surface area (Å²) in [5, 5.41) is 26.3. The number of aliphatic hydroxyl groups excluding tert-OH is 2. The van der Waals surface area contributed by atoms with Crippen LogP contribution >= 0.6 is 22.9 Å². The lowest BCUT2D eigenvalue weighted by molar-refractivity contribution is 0.104. The van der Waals surface area contributed by atoms with Gasteiger partial charge in [0.1, 0.15) is 18.2 Å². The van der Waals surface area contributed by atoms with Crippen molar-refractivity contribution in [2.45, 2.75) is 37.1 Å². The van der Waals surface area contributed by atoms with Gasteiger partial charge < -0.3 is 15.5 Å². The molecule has 1 aliphatic carbocycles. The Bertz CT molecular complexity index is 1320. The highest BCUT2D eigenvalue weighted by atomic mass is 35.5. The van der Waals surface area contributed by atoms with E-state index in [9.17, 15) is 23.4 Å². The van der Waals surface area contributed by atoms with Crippen molar-refractivity contribution in [1.29, 1.82) is 0 Å². The lowest BCUT2D eigenvalue weighted by Gasteiger charge is -2.16. The van der Waals surface area contributed by atoms with Gasteiger partial charge in [-0.25, -0.2) is 9.97 Å². The van der Waals surface area contributed by atoms with Gasteiger partial charge in [-0.2, -0.15) is 13.1 Å². The highest BCUT2D eigenvalue weighted by Gasteiger charge is 2.36. The molecule has 0 amide bonds. The first-order chi connectivity index (χ1) is 16.7. The van der Waals surface area contributed by atoms with E-state index in [0.29, 0.717) is 21.0 Å². The molecule has 10 nitrogen and oxygen atoms in total. The minimum atomic E-state index is -3.96. The fourth-order valence-electron chi connectivity index (χ4n) is 3.91. The lowest BCUT2D eigenvalue weighted by atomic mass is 10.0. The van der Waals surface area contributed by atoms with Gasteiger partial charge in [0.25, 0.3) is 0 Å². The monoisotopic (exact) mass is 538 g/mol. The smallest absolute Gasteiger partial charge is 0.335 e. The van der Waals surface area contributed by atoms with Gasteiger partial charge in [-0.3, -0.25) is 8.98 Å². The Balaban J connectivity index is 1.49. The average molecular weight is 539 g/mol. The van der Waals surface area contributed by atoms with E-state index in [1.807, 2.05) is 0 Å². The second kappa shape index (κ2) is 10.7. The largest absolute Gasteiger partial charge is 0.391 e. The first-order valence-electron chi connectivity index (χ1n) is 10.6. The molecule has 2 aromatic heterocycles. The Morgan fingerprint density at radius 3 is 2.83 bits per heavy atom. The molecule has 2 heterocycles. The van der Waals surface area contributed by atoms with Crippen molar-refractivity contribution in [3.63, 3.8) is 0 Å². The number of hydrogen-bond acceptors (Lipinski definition) is 10. The zero-order valence-electron chi connectivity index (χ0n) is 18.5. The topological polar surface area (TPSA) is 151 Å². The Morgan fingerprint density at radius 2 is 2.09 bits per heavy atom. The van der Waals surface area contributed by atoms with E-state index in [2.05, 4.69) is 24.2 Å². The van der Waals surface area contributed by atoms with Crippen LogP contribution in [0.4, 0.5) is 5.82 Å². The van der Waals surface area contributed by atoms with Gasteiger partial charge in [0.15, 0.2) is 0 Å². The second-order valence-corrected chi connectivity index (χ2v) is 10.9. The number of thiophene rings is 1. The molecule has 1 saturated carbocycles. The van der Waals surface area contributed by atoms with Gasteiger partial charge in [0.05, 0.1) is 29.7 Å². The summed E-state index contributed by atoms with van der Waals surface area (Å²) in [5.41, 5.74) is 1.38. The first-order valence-corrected chi connectivity index (χ1v) is 13.2. The highest BCUT2D eigenvalue weighted by molar-refractivity contribution is 7.84. The van der Waals surface area contributed by atoms with Crippen LogP contribution in [0.15, 0.2) is 48.2 Å². The molecule has 13 heteroatoms. The fraction of sp³-hybridized carbons (Fsp3) is 0.318. The van der Waals surface area contributed by atoms with Crippen LogP contribution in [0.5, 0.6) is 0 Å². The molecule has 35 heavy (non-hydrogen) atoms. The minimum absolute atomic E-state index is 0.216. The predicted molar refractivity (Wildman–Crippen MR) is 131 cm³/mol. The molecule has 0 aliphatic heterocycles. The molecule has 0 bridgehead atoms. The van der Waals surface area contributed by atoms with E-state index in [-0.39, 0.29) is 36.0 Å². The van der Waals surface area contributed by atoms with Gasteiger partial charge in [0, 0.05) is 17.3 Å². The summed E-state index contributed by atoms with van der Waals surface area (Å²) >= 11 is 7.20. The lowest BCUT2D eigenvalue weighted by Crippen LogP contribution is -2.40. The molecule has 0 spiro atoms. The molecular formula is C22H23ClN4O6S2. The molecule has 0 unspecified atom stereocenters. The van der Waals surface area contributed by atoms with Crippen LogP contribution < -0.4 is 10.0 Å². The molecule has 3 aromatic rings. The number of carbonyl (C=O) groups excluding carboxylic acids is 1. The van der Waals surface area contributed by atoms with Gasteiger partial charge in [-0.1, -0.05) is 23.7 Å². The summed E-state index contributed by atoms with van der Waals surface area (Å²) < 4.78 is 30.0. The molecule has 0 radical (unpaired) electrons. The quantitative estimate of drug-likeness (QED) is 0.301. The van der Waals surface area contributed by atoms with Gasteiger partial charge in [-0.15, -0.1) is 11.3 Å². The number of nitrogens with zero attached hydrogens (tertiary/aromatic N) is 2.